The van der Waals surface area contributed by atoms with Gasteiger partial charge in [0.1, 0.15) is 0 Å². The predicted molar refractivity (Wildman–Crippen MR) is 71.4 cm³/mol. The van der Waals surface area contributed by atoms with E-state index in [1.807, 2.05) is 24.3 Å². The zero-order valence-corrected chi connectivity index (χ0v) is 11.6. The van der Waals surface area contributed by atoms with Crippen LogP contribution >= 0.6 is 11.8 Å². The lowest BCUT2D eigenvalue weighted by Crippen LogP contribution is -2.19. The predicted octanol–water partition coefficient (Wildman–Crippen LogP) is 0.990. The highest BCUT2D eigenvalue weighted by Gasteiger charge is 2.36. The fraction of sp³-hybridized carbons (Fsp3) is 0.500. The van der Waals surface area contributed by atoms with Gasteiger partial charge in [0.25, 0.3) is 0 Å². The molecule has 4 nitrogen and oxygen atoms in total. The van der Waals surface area contributed by atoms with Crippen molar-refractivity contribution in [3.63, 3.8) is 0 Å². The molecule has 1 heterocycles. The number of hydrogen-bond donors (Lipinski definition) is 2. The highest BCUT2D eigenvalue weighted by atomic mass is 32.2. The summed E-state index contributed by atoms with van der Waals surface area (Å²) in [6, 6.07) is 7.32. The van der Waals surface area contributed by atoms with Gasteiger partial charge in [-0.3, -0.25) is 0 Å². The smallest absolute Gasteiger partial charge is 0.154 e. The molecule has 0 bridgehead atoms. The molecule has 0 spiro atoms. The number of aliphatic hydroxyl groups is 2. The molecular formula is C12H16O4S2. The van der Waals surface area contributed by atoms with E-state index in [1.165, 1.54) is 11.8 Å². The average molecular weight is 288 g/mol. The van der Waals surface area contributed by atoms with Crippen LogP contribution in [0.15, 0.2) is 29.2 Å². The molecule has 1 saturated heterocycles. The lowest BCUT2D eigenvalue weighted by atomic mass is 10.1. The second kappa shape index (κ2) is 5.21. The van der Waals surface area contributed by atoms with E-state index >= 15 is 0 Å². The molecule has 3 atom stereocenters. The van der Waals surface area contributed by atoms with Crippen molar-refractivity contribution in [3.8, 4) is 0 Å². The molecule has 0 saturated carbocycles. The lowest BCUT2D eigenvalue weighted by Gasteiger charge is -2.13. The van der Waals surface area contributed by atoms with Gasteiger partial charge in [-0.15, -0.1) is 11.8 Å². The molecule has 0 radical (unpaired) electrons. The Kier molecular flexibility index (Phi) is 4.01. The first-order chi connectivity index (χ1) is 8.37. The average Bonchev–Trinajstić information content (AvgIpc) is 2.52. The van der Waals surface area contributed by atoms with Gasteiger partial charge in [0, 0.05) is 4.90 Å². The van der Waals surface area contributed by atoms with E-state index in [1.54, 1.807) is 6.92 Å². The number of rotatable bonds is 3. The summed E-state index contributed by atoms with van der Waals surface area (Å²) in [4.78, 5) is 0.870. The van der Waals surface area contributed by atoms with Crippen LogP contribution in [0.3, 0.4) is 0 Å². The third kappa shape index (κ3) is 3.26. The molecular weight excluding hydrogens is 272 g/mol. The minimum absolute atomic E-state index is 0.0116. The van der Waals surface area contributed by atoms with Crippen LogP contribution in [0.1, 0.15) is 18.6 Å². The Balaban J connectivity index is 2.13. The monoisotopic (exact) mass is 288 g/mol. The molecule has 1 aromatic rings. The number of benzene rings is 1. The first kappa shape index (κ1) is 13.9. The largest absolute Gasteiger partial charge is 0.391 e. The second-order valence-corrected chi connectivity index (χ2v) is 8.02. The molecule has 2 rings (SSSR count). The summed E-state index contributed by atoms with van der Waals surface area (Å²) < 4.78 is 22.8. The van der Waals surface area contributed by atoms with E-state index in [2.05, 4.69) is 0 Å². The quantitative estimate of drug-likeness (QED) is 0.867. The molecule has 6 heteroatoms. The SMILES string of the molecule is CC(O)c1cccc(SC2CS(=O)(=O)CC2O)c1. The molecule has 0 amide bonds. The Morgan fingerprint density at radius 2 is 2.11 bits per heavy atom. The van der Waals surface area contributed by atoms with Gasteiger partial charge < -0.3 is 10.2 Å². The van der Waals surface area contributed by atoms with Gasteiger partial charge in [-0.1, -0.05) is 12.1 Å². The summed E-state index contributed by atoms with van der Waals surface area (Å²) in [5.74, 6) is -0.140. The van der Waals surface area contributed by atoms with Crippen molar-refractivity contribution in [2.75, 3.05) is 11.5 Å². The topological polar surface area (TPSA) is 74.6 Å². The molecule has 1 aliphatic heterocycles. The minimum atomic E-state index is -3.11. The molecule has 2 N–H and O–H groups in total. The molecule has 1 aromatic carbocycles. The second-order valence-electron chi connectivity index (χ2n) is 4.55. The van der Waals surface area contributed by atoms with Gasteiger partial charge in [0.05, 0.1) is 29.0 Å². The Hall–Kier alpha value is -0.560. The fourth-order valence-corrected chi connectivity index (χ4v) is 5.52. The van der Waals surface area contributed by atoms with Crippen molar-refractivity contribution in [2.24, 2.45) is 0 Å². The number of hydrogen-bond acceptors (Lipinski definition) is 5. The Morgan fingerprint density at radius 3 is 2.67 bits per heavy atom. The fourth-order valence-electron chi connectivity index (χ4n) is 1.93. The summed E-state index contributed by atoms with van der Waals surface area (Å²) in [6.45, 7) is 1.68. The third-order valence-electron chi connectivity index (χ3n) is 2.90. The van der Waals surface area contributed by atoms with E-state index in [9.17, 15) is 18.6 Å². The van der Waals surface area contributed by atoms with Crippen molar-refractivity contribution in [3.05, 3.63) is 29.8 Å². The van der Waals surface area contributed by atoms with Gasteiger partial charge in [0.15, 0.2) is 9.84 Å². The van der Waals surface area contributed by atoms with Crippen LogP contribution in [0.5, 0.6) is 0 Å². The van der Waals surface area contributed by atoms with Crippen molar-refractivity contribution < 1.29 is 18.6 Å². The number of thioether (sulfide) groups is 1. The van der Waals surface area contributed by atoms with Crippen molar-refractivity contribution in [1.29, 1.82) is 0 Å². The first-order valence-electron chi connectivity index (χ1n) is 5.70. The van der Waals surface area contributed by atoms with E-state index in [-0.39, 0.29) is 16.8 Å². The summed E-state index contributed by atoms with van der Waals surface area (Å²) in [6.07, 6.45) is -1.36. The van der Waals surface area contributed by atoms with Crippen LogP contribution in [0.2, 0.25) is 0 Å². The normalized spacial score (nSPS) is 28.2. The molecule has 100 valence electrons. The first-order valence-corrected chi connectivity index (χ1v) is 8.41. The minimum Gasteiger partial charge on any atom is -0.391 e. The van der Waals surface area contributed by atoms with Gasteiger partial charge >= 0.3 is 0 Å². The van der Waals surface area contributed by atoms with Gasteiger partial charge in [0.2, 0.25) is 0 Å². The summed E-state index contributed by atoms with van der Waals surface area (Å²) in [7, 11) is -3.11. The van der Waals surface area contributed by atoms with Crippen molar-refractivity contribution in [2.45, 2.75) is 29.3 Å². The van der Waals surface area contributed by atoms with E-state index < -0.39 is 22.0 Å². The van der Waals surface area contributed by atoms with E-state index in [0.29, 0.717) is 0 Å². The maximum Gasteiger partial charge on any atom is 0.154 e. The number of aliphatic hydroxyl groups excluding tert-OH is 2. The number of sulfone groups is 1. The Labute approximate surface area is 111 Å². The van der Waals surface area contributed by atoms with E-state index in [0.717, 1.165) is 10.5 Å². The Morgan fingerprint density at radius 1 is 1.39 bits per heavy atom. The van der Waals surface area contributed by atoms with Crippen LogP contribution in [0.4, 0.5) is 0 Å². The van der Waals surface area contributed by atoms with Gasteiger partial charge in [-0.2, -0.15) is 0 Å². The third-order valence-corrected chi connectivity index (χ3v) is 6.14. The van der Waals surface area contributed by atoms with Crippen LogP contribution in [-0.4, -0.2) is 41.5 Å². The molecule has 3 unspecified atom stereocenters. The Bertz CT molecular complexity index is 525. The van der Waals surface area contributed by atoms with Crippen LogP contribution in [0.25, 0.3) is 0 Å². The summed E-state index contributed by atoms with van der Waals surface area (Å²) in [5.41, 5.74) is 0.787. The highest BCUT2D eigenvalue weighted by Crippen LogP contribution is 2.32. The van der Waals surface area contributed by atoms with Crippen molar-refractivity contribution >= 4 is 21.6 Å². The summed E-state index contributed by atoms with van der Waals surface area (Å²) in [5, 5.41) is 18.9. The van der Waals surface area contributed by atoms with Crippen LogP contribution in [-0.2, 0) is 9.84 Å². The standard InChI is InChI=1S/C12H16O4S2/c1-8(13)9-3-2-4-10(5-9)17-12-7-18(15,16)6-11(12)14/h2-5,8,11-14H,6-7H2,1H3. The molecule has 0 aromatic heterocycles. The van der Waals surface area contributed by atoms with Crippen LogP contribution < -0.4 is 0 Å². The van der Waals surface area contributed by atoms with Gasteiger partial charge in [-0.05, 0) is 24.6 Å². The maximum atomic E-state index is 11.4. The van der Waals surface area contributed by atoms with Crippen LogP contribution in [0, 0.1) is 0 Å². The zero-order valence-electron chi connectivity index (χ0n) is 9.98. The molecule has 1 fully saturated rings. The van der Waals surface area contributed by atoms with E-state index in [4.69, 9.17) is 0 Å². The highest BCUT2D eigenvalue weighted by molar-refractivity contribution is 8.02. The molecule has 18 heavy (non-hydrogen) atoms. The molecule has 0 aliphatic carbocycles. The maximum absolute atomic E-state index is 11.4. The lowest BCUT2D eigenvalue weighted by molar-refractivity contribution is 0.199. The summed E-state index contributed by atoms with van der Waals surface area (Å²) >= 11 is 1.35. The zero-order chi connectivity index (χ0) is 13.3. The van der Waals surface area contributed by atoms with Gasteiger partial charge in [-0.25, -0.2) is 8.42 Å². The molecule has 1 aliphatic rings. The van der Waals surface area contributed by atoms with Crippen molar-refractivity contribution in [1.82, 2.24) is 0 Å².